The monoisotopic (exact) mass is 446 g/mol. The van der Waals surface area contributed by atoms with E-state index < -0.39 is 6.04 Å². The van der Waals surface area contributed by atoms with Crippen molar-refractivity contribution in [2.75, 3.05) is 31.8 Å². The minimum atomic E-state index is -0.454. The van der Waals surface area contributed by atoms with Gasteiger partial charge in [0.2, 0.25) is 0 Å². The molecule has 5 rings (SSSR count). The summed E-state index contributed by atoms with van der Waals surface area (Å²) in [7, 11) is 1.64. The number of methoxy groups -OCH3 is 1. The fourth-order valence-corrected chi connectivity index (χ4v) is 4.48. The molecule has 1 aliphatic rings. The topological polar surface area (TPSA) is 98.2 Å². The molecule has 0 amide bonds. The standard InChI is InChI=1S/C24H26N6O3/c1-3-33-18-8-9-20-17(14-18)15-19(24(31)25-20)22(23-26-27-28-30(23)12-13-32-2)29-11-10-16-6-4-5-7-21(16)29/h4-9,14-15,22H,3,10-13H2,1-2H3,(H,25,31)/t22-/m0/s1. The van der Waals surface area contributed by atoms with Crippen molar-refractivity contribution < 1.29 is 9.47 Å². The molecule has 2 aromatic carbocycles. The van der Waals surface area contributed by atoms with E-state index in [0.29, 0.717) is 31.1 Å². The van der Waals surface area contributed by atoms with Gasteiger partial charge in [-0.15, -0.1) is 5.10 Å². The Bertz CT molecular complexity index is 1330. The third-order valence-electron chi connectivity index (χ3n) is 6.00. The van der Waals surface area contributed by atoms with Gasteiger partial charge in [-0.2, -0.15) is 0 Å². The minimum absolute atomic E-state index is 0.165. The van der Waals surface area contributed by atoms with E-state index in [-0.39, 0.29) is 5.56 Å². The molecule has 0 spiro atoms. The highest BCUT2D eigenvalue weighted by molar-refractivity contribution is 5.81. The first-order chi connectivity index (χ1) is 16.2. The quantitative estimate of drug-likeness (QED) is 0.444. The fraction of sp³-hybridized carbons (Fsp3) is 0.333. The fourth-order valence-electron chi connectivity index (χ4n) is 4.48. The van der Waals surface area contributed by atoms with Gasteiger partial charge in [-0.05, 0) is 59.7 Å². The van der Waals surface area contributed by atoms with E-state index in [0.717, 1.165) is 35.3 Å². The Morgan fingerprint density at radius 2 is 2.06 bits per heavy atom. The van der Waals surface area contributed by atoms with Gasteiger partial charge in [0.05, 0.1) is 19.8 Å². The number of fused-ring (bicyclic) bond motifs is 2. The number of para-hydroxylation sites is 1. The summed E-state index contributed by atoms with van der Waals surface area (Å²) in [4.78, 5) is 18.6. The van der Waals surface area contributed by atoms with Crippen LogP contribution in [0, 0.1) is 0 Å². The number of nitrogens with zero attached hydrogens (tertiary/aromatic N) is 5. The maximum absolute atomic E-state index is 13.4. The van der Waals surface area contributed by atoms with Crippen molar-refractivity contribution in [1.82, 2.24) is 25.2 Å². The molecule has 0 unspecified atom stereocenters. The Morgan fingerprint density at radius 1 is 1.18 bits per heavy atom. The van der Waals surface area contributed by atoms with E-state index in [1.165, 1.54) is 5.56 Å². The van der Waals surface area contributed by atoms with Crippen LogP contribution in [0.5, 0.6) is 5.75 Å². The smallest absolute Gasteiger partial charge is 0.254 e. The summed E-state index contributed by atoms with van der Waals surface area (Å²) in [5.41, 5.74) is 3.51. The van der Waals surface area contributed by atoms with Gasteiger partial charge in [0.1, 0.15) is 11.8 Å². The van der Waals surface area contributed by atoms with Gasteiger partial charge in [0.25, 0.3) is 5.56 Å². The van der Waals surface area contributed by atoms with E-state index >= 15 is 0 Å². The van der Waals surface area contributed by atoms with Crippen molar-refractivity contribution >= 4 is 16.6 Å². The predicted octanol–water partition coefficient (Wildman–Crippen LogP) is 2.71. The van der Waals surface area contributed by atoms with Gasteiger partial charge in [0.15, 0.2) is 5.82 Å². The molecular weight excluding hydrogens is 420 g/mol. The van der Waals surface area contributed by atoms with Crippen LogP contribution in [0.15, 0.2) is 53.3 Å². The van der Waals surface area contributed by atoms with E-state index in [1.807, 2.05) is 43.3 Å². The lowest BCUT2D eigenvalue weighted by atomic mass is 10.0. The highest BCUT2D eigenvalue weighted by atomic mass is 16.5. The molecule has 0 fully saturated rings. The lowest BCUT2D eigenvalue weighted by Gasteiger charge is -2.29. The number of aromatic amines is 1. The average Bonchev–Trinajstić information content (AvgIpc) is 3.46. The molecular formula is C24H26N6O3. The first-order valence-electron chi connectivity index (χ1n) is 11.1. The molecule has 33 heavy (non-hydrogen) atoms. The second-order valence-corrected chi connectivity index (χ2v) is 7.96. The summed E-state index contributed by atoms with van der Waals surface area (Å²) in [6.07, 6.45) is 0.895. The second kappa shape index (κ2) is 9.03. The van der Waals surface area contributed by atoms with Crippen LogP contribution in [0.1, 0.15) is 29.9 Å². The molecule has 0 bridgehead atoms. The van der Waals surface area contributed by atoms with E-state index in [1.54, 1.807) is 11.8 Å². The van der Waals surface area contributed by atoms with Crippen LogP contribution >= 0.6 is 0 Å². The van der Waals surface area contributed by atoms with E-state index in [4.69, 9.17) is 9.47 Å². The number of pyridine rings is 1. The van der Waals surface area contributed by atoms with Crippen molar-refractivity contribution in [1.29, 1.82) is 0 Å². The summed E-state index contributed by atoms with van der Waals surface area (Å²) in [5, 5.41) is 13.4. The molecule has 0 radical (unpaired) electrons. The molecule has 0 saturated carbocycles. The number of rotatable bonds is 8. The van der Waals surface area contributed by atoms with Gasteiger partial charge >= 0.3 is 0 Å². The highest BCUT2D eigenvalue weighted by Crippen LogP contribution is 2.37. The predicted molar refractivity (Wildman–Crippen MR) is 125 cm³/mol. The third-order valence-corrected chi connectivity index (χ3v) is 6.00. The number of hydrogen-bond acceptors (Lipinski definition) is 7. The summed E-state index contributed by atoms with van der Waals surface area (Å²) in [6, 6.07) is 15.4. The Kier molecular flexibility index (Phi) is 5.78. The zero-order chi connectivity index (χ0) is 22.8. The molecule has 170 valence electrons. The molecule has 4 aromatic rings. The molecule has 0 saturated heterocycles. The second-order valence-electron chi connectivity index (χ2n) is 7.96. The summed E-state index contributed by atoms with van der Waals surface area (Å²) in [6.45, 7) is 4.24. The lowest BCUT2D eigenvalue weighted by Crippen LogP contribution is -2.34. The van der Waals surface area contributed by atoms with Crippen LogP contribution in [0.2, 0.25) is 0 Å². The Labute approximate surface area is 190 Å². The zero-order valence-corrected chi connectivity index (χ0v) is 18.7. The summed E-state index contributed by atoms with van der Waals surface area (Å²) < 4.78 is 12.6. The molecule has 2 aromatic heterocycles. The summed E-state index contributed by atoms with van der Waals surface area (Å²) in [5.74, 6) is 1.37. The maximum atomic E-state index is 13.4. The number of hydrogen-bond donors (Lipinski definition) is 1. The first kappa shape index (κ1) is 21.1. The number of H-pyrrole nitrogens is 1. The highest BCUT2D eigenvalue weighted by Gasteiger charge is 2.34. The molecule has 1 atom stereocenters. The minimum Gasteiger partial charge on any atom is -0.494 e. The van der Waals surface area contributed by atoms with Crippen LogP contribution in [0.4, 0.5) is 5.69 Å². The van der Waals surface area contributed by atoms with Gasteiger partial charge in [-0.3, -0.25) is 4.79 Å². The number of aromatic nitrogens is 5. The molecule has 9 nitrogen and oxygen atoms in total. The molecule has 9 heteroatoms. The van der Waals surface area contributed by atoms with Crippen LogP contribution < -0.4 is 15.2 Å². The van der Waals surface area contributed by atoms with Crippen LogP contribution in [-0.2, 0) is 17.7 Å². The first-order valence-corrected chi connectivity index (χ1v) is 11.1. The van der Waals surface area contributed by atoms with Crippen molar-refractivity contribution in [3.63, 3.8) is 0 Å². The van der Waals surface area contributed by atoms with Gasteiger partial charge in [-0.1, -0.05) is 18.2 Å². The SMILES string of the molecule is CCOc1ccc2[nH]c(=O)c([C@@H](c3nnnn3CCOC)N3CCc4ccccc43)cc2c1. The van der Waals surface area contributed by atoms with Gasteiger partial charge in [0, 0.05) is 35.8 Å². The van der Waals surface area contributed by atoms with Gasteiger partial charge < -0.3 is 19.4 Å². The van der Waals surface area contributed by atoms with Crippen molar-refractivity contribution in [2.45, 2.75) is 25.9 Å². The van der Waals surface area contributed by atoms with Crippen LogP contribution in [0.25, 0.3) is 10.9 Å². The Morgan fingerprint density at radius 3 is 2.91 bits per heavy atom. The number of tetrazole rings is 1. The summed E-state index contributed by atoms with van der Waals surface area (Å²) >= 11 is 0. The normalized spacial score (nSPS) is 13.9. The van der Waals surface area contributed by atoms with Crippen molar-refractivity contribution in [2.24, 2.45) is 0 Å². The number of nitrogens with one attached hydrogen (secondary N) is 1. The van der Waals surface area contributed by atoms with Gasteiger partial charge in [-0.25, -0.2) is 4.68 Å². The third kappa shape index (κ3) is 3.95. The van der Waals surface area contributed by atoms with Crippen molar-refractivity contribution in [3.8, 4) is 5.75 Å². The molecule has 0 aliphatic carbocycles. The van der Waals surface area contributed by atoms with E-state index in [2.05, 4.69) is 37.5 Å². The molecule has 1 N–H and O–H groups in total. The number of anilines is 1. The average molecular weight is 447 g/mol. The lowest BCUT2D eigenvalue weighted by molar-refractivity contribution is 0.181. The largest absolute Gasteiger partial charge is 0.494 e. The molecule has 3 heterocycles. The van der Waals surface area contributed by atoms with E-state index in [9.17, 15) is 4.79 Å². The van der Waals surface area contributed by atoms with Crippen molar-refractivity contribution in [3.05, 3.63) is 75.8 Å². The van der Waals surface area contributed by atoms with Crippen LogP contribution in [-0.4, -0.2) is 52.1 Å². The Hall–Kier alpha value is -3.72. The Balaban J connectivity index is 1.68. The zero-order valence-electron chi connectivity index (χ0n) is 18.7. The number of benzene rings is 2. The molecule has 1 aliphatic heterocycles. The number of ether oxygens (including phenoxy) is 2. The maximum Gasteiger partial charge on any atom is 0.254 e. The van der Waals surface area contributed by atoms with Crippen LogP contribution in [0.3, 0.4) is 0 Å².